The van der Waals surface area contributed by atoms with Crippen molar-refractivity contribution in [1.29, 1.82) is 0 Å². The van der Waals surface area contributed by atoms with Gasteiger partial charge in [-0.3, -0.25) is 4.68 Å². The van der Waals surface area contributed by atoms with Crippen molar-refractivity contribution in [2.45, 2.75) is 25.4 Å². The van der Waals surface area contributed by atoms with E-state index in [4.69, 9.17) is 11.6 Å². The Bertz CT molecular complexity index is 520. The normalized spacial score (nSPS) is 16.2. The summed E-state index contributed by atoms with van der Waals surface area (Å²) in [6, 6.07) is 2.11. The molecule has 0 saturated carbocycles. The van der Waals surface area contributed by atoms with Crippen molar-refractivity contribution in [3.8, 4) is 0 Å². The third-order valence-electron chi connectivity index (χ3n) is 3.23. The van der Waals surface area contributed by atoms with Gasteiger partial charge in [-0.2, -0.15) is 5.10 Å². The zero-order chi connectivity index (χ0) is 12.0. The quantitative estimate of drug-likeness (QED) is 0.909. The maximum atomic E-state index is 10.4. The highest BCUT2D eigenvalue weighted by atomic mass is 35.5. The summed E-state index contributed by atoms with van der Waals surface area (Å²) in [5.41, 5.74) is 2.06. The molecule has 1 N–H and O–H groups in total. The topological polar surface area (TPSA) is 38.0 Å². The van der Waals surface area contributed by atoms with E-state index in [1.54, 1.807) is 29.3 Å². The van der Waals surface area contributed by atoms with Crippen molar-refractivity contribution in [3.63, 3.8) is 0 Å². The minimum Gasteiger partial charge on any atom is -0.381 e. The summed E-state index contributed by atoms with van der Waals surface area (Å²) in [6.07, 6.45) is 4.43. The number of hydrogen-bond acceptors (Lipinski definition) is 3. The van der Waals surface area contributed by atoms with Gasteiger partial charge >= 0.3 is 0 Å². The molecule has 90 valence electrons. The van der Waals surface area contributed by atoms with Crippen LogP contribution in [0.25, 0.3) is 0 Å². The van der Waals surface area contributed by atoms with Gasteiger partial charge in [-0.1, -0.05) is 11.6 Å². The van der Waals surface area contributed by atoms with Gasteiger partial charge in [0, 0.05) is 16.8 Å². The van der Waals surface area contributed by atoms with Crippen LogP contribution >= 0.6 is 22.9 Å². The third-order valence-corrected chi connectivity index (χ3v) is 4.81. The first-order valence-electron chi connectivity index (χ1n) is 5.63. The highest BCUT2D eigenvalue weighted by Crippen LogP contribution is 2.37. The SMILES string of the molecule is Cn1ncc(Cl)c1C(O)c1cc2c(s1)CCC2. The molecule has 5 heteroatoms. The molecule has 3 nitrogen and oxygen atoms in total. The Hall–Kier alpha value is -0.840. The molecule has 1 atom stereocenters. The summed E-state index contributed by atoms with van der Waals surface area (Å²) in [6.45, 7) is 0. The molecule has 2 aromatic heterocycles. The van der Waals surface area contributed by atoms with E-state index in [1.165, 1.54) is 16.9 Å². The van der Waals surface area contributed by atoms with E-state index in [1.807, 2.05) is 0 Å². The van der Waals surface area contributed by atoms with Gasteiger partial charge in [0.15, 0.2) is 0 Å². The van der Waals surface area contributed by atoms with Crippen LogP contribution in [0.5, 0.6) is 0 Å². The summed E-state index contributed by atoms with van der Waals surface area (Å²) in [5.74, 6) is 0. The number of thiophene rings is 1. The van der Waals surface area contributed by atoms with Gasteiger partial charge in [0.05, 0.1) is 16.9 Å². The van der Waals surface area contributed by atoms with Gasteiger partial charge in [-0.15, -0.1) is 11.3 Å². The average molecular weight is 269 g/mol. The van der Waals surface area contributed by atoms with E-state index >= 15 is 0 Å². The fourth-order valence-corrected chi connectivity index (χ4v) is 3.87. The summed E-state index contributed by atoms with van der Waals surface area (Å²) >= 11 is 7.74. The van der Waals surface area contributed by atoms with Crippen molar-refractivity contribution in [2.75, 3.05) is 0 Å². The molecule has 2 aromatic rings. The lowest BCUT2D eigenvalue weighted by Crippen LogP contribution is -2.05. The van der Waals surface area contributed by atoms with Crippen LogP contribution in [0.2, 0.25) is 5.02 Å². The largest absolute Gasteiger partial charge is 0.381 e. The predicted molar refractivity (Wildman–Crippen MR) is 68.6 cm³/mol. The number of aliphatic hydroxyl groups is 1. The van der Waals surface area contributed by atoms with Gasteiger partial charge in [-0.25, -0.2) is 0 Å². The number of hydrogen-bond donors (Lipinski definition) is 1. The van der Waals surface area contributed by atoms with Crippen LogP contribution in [0.15, 0.2) is 12.3 Å². The number of rotatable bonds is 2. The molecule has 0 aromatic carbocycles. The molecule has 0 bridgehead atoms. The second-order valence-corrected chi connectivity index (χ2v) is 5.93. The van der Waals surface area contributed by atoms with Gasteiger partial charge in [0.25, 0.3) is 0 Å². The Balaban J connectivity index is 1.98. The molecule has 2 heterocycles. The monoisotopic (exact) mass is 268 g/mol. The van der Waals surface area contributed by atoms with Crippen molar-refractivity contribution in [3.05, 3.63) is 38.3 Å². The maximum Gasteiger partial charge on any atom is 0.131 e. The Morgan fingerprint density at radius 3 is 3.00 bits per heavy atom. The molecule has 1 unspecified atom stereocenters. The molecule has 17 heavy (non-hydrogen) atoms. The number of fused-ring (bicyclic) bond motifs is 1. The average Bonchev–Trinajstić information content (AvgIpc) is 2.92. The molecule has 0 radical (unpaired) electrons. The molecule has 0 amide bonds. The van der Waals surface area contributed by atoms with E-state index in [9.17, 15) is 5.11 Å². The molecule has 0 aliphatic heterocycles. The van der Waals surface area contributed by atoms with Crippen molar-refractivity contribution < 1.29 is 5.11 Å². The highest BCUT2D eigenvalue weighted by Gasteiger charge is 2.23. The lowest BCUT2D eigenvalue weighted by atomic mass is 10.2. The zero-order valence-corrected chi connectivity index (χ0v) is 11.1. The summed E-state index contributed by atoms with van der Waals surface area (Å²) in [5, 5.41) is 14.9. The molecule has 1 aliphatic rings. The Kier molecular flexibility index (Phi) is 2.73. The second-order valence-electron chi connectivity index (χ2n) is 4.35. The standard InChI is InChI=1S/C12H13ClN2OS/c1-15-11(8(13)6-14-15)12(16)10-5-7-3-2-4-9(7)17-10/h5-6,12,16H,2-4H2,1H3. The Morgan fingerprint density at radius 1 is 1.53 bits per heavy atom. The molecule has 3 rings (SSSR count). The van der Waals surface area contributed by atoms with Gasteiger partial charge in [0.1, 0.15) is 6.10 Å². The predicted octanol–water partition coefficient (Wildman–Crippen LogP) is 2.71. The van der Waals surface area contributed by atoms with E-state index in [0.29, 0.717) is 10.7 Å². The fraction of sp³-hybridized carbons (Fsp3) is 0.417. The van der Waals surface area contributed by atoms with E-state index in [-0.39, 0.29) is 0 Å². The minimum absolute atomic E-state index is 0.522. The third kappa shape index (κ3) is 1.80. The van der Waals surface area contributed by atoms with Gasteiger partial charge < -0.3 is 5.11 Å². The van der Waals surface area contributed by atoms with Crippen LogP contribution in [-0.4, -0.2) is 14.9 Å². The Morgan fingerprint density at radius 2 is 2.35 bits per heavy atom. The van der Waals surface area contributed by atoms with Crippen LogP contribution in [0, 0.1) is 0 Å². The second kappa shape index (κ2) is 4.12. The summed E-state index contributed by atoms with van der Waals surface area (Å²) in [4.78, 5) is 2.39. The summed E-state index contributed by atoms with van der Waals surface area (Å²) in [7, 11) is 1.80. The zero-order valence-electron chi connectivity index (χ0n) is 9.48. The lowest BCUT2D eigenvalue weighted by Gasteiger charge is -2.09. The van der Waals surface area contributed by atoms with Crippen LogP contribution in [0.4, 0.5) is 0 Å². The first-order chi connectivity index (χ1) is 8.16. The smallest absolute Gasteiger partial charge is 0.131 e. The fourth-order valence-electron chi connectivity index (χ4n) is 2.35. The van der Waals surface area contributed by atoms with Gasteiger partial charge in [0.2, 0.25) is 0 Å². The Labute approximate surface area is 109 Å². The number of aryl methyl sites for hydroxylation is 3. The van der Waals surface area contributed by atoms with Crippen LogP contribution in [0.3, 0.4) is 0 Å². The first kappa shape index (κ1) is 11.3. The van der Waals surface area contributed by atoms with Crippen LogP contribution < -0.4 is 0 Å². The number of nitrogens with zero attached hydrogens (tertiary/aromatic N) is 2. The molecule has 0 spiro atoms. The number of aliphatic hydroxyl groups excluding tert-OH is 1. The maximum absolute atomic E-state index is 10.4. The van der Waals surface area contributed by atoms with E-state index < -0.39 is 6.10 Å². The van der Waals surface area contributed by atoms with E-state index in [2.05, 4.69) is 11.2 Å². The molecule has 0 saturated heterocycles. The number of halogens is 1. The molecular formula is C12H13ClN2OS. The van der Waals surface area contributed by atoms with Crippen molar-refractivity contribution in [2.24, 2.45) is 7.05 Å². The minimum atomic E-state index is -0.661. The van der Waals surface area contributed by atoms with E-state index in [0.717, 1.165) is 17.7 Å². The first-order valence-corrected chi connectivity index (χ1v) is 6.83. The number of aromatic nitrogens is 2. The van der Waals surface area contributed by atoms with Crippen LogP contribution in [0.1, 0.15) is 33.5 Å². The van der Waals surface area contributed by atoms with Crippen molar-refractivity contribution in [1.82, 2.24) is 9.78 Å². The van der Waals surface area contributed by atoms with Crippen molar-refractivity contribution >= 4 is 22.9 Å². The highest BCUT2D eigenvalue weighted by molar-refractivity contribution is 7.12. The molecule has 0 fully saturated rings. The van der Waals surface area contributed by atoms with Crippen LogP contribution in [-0.2, 0) is 19.9 Å². The summed E-state index contributed by atoms with van der Waals surface area (Å²) < 4.78 is 1.64. The van der Waals surface area contributed by atoms with Gasteiger partial charge in [-0.05, 0) is 30.9 Å². The lowest BCUT2D eigenvalue weighted by molar-refractivity contribution is 0.213. The molecular weight excluding hydrogens is 256 g/mol. The molecule has 1 aliphatic carbocycles.